The molecular weight excluding hydrogens is 282 g/mol. The number of hydrogen-bond donors (Lipinski definition) is 0. The molecule has 4 rings (SSSR count). The summed E-state index contributed by atoms with van der Waals surface area (Å²) in [6, 6.07) is 9.00. The van der Waals surface area contributed by atoms with E-state index in [1.54, 1.807) is 6.20 Å². The van der Waals surface area contributed by atoms with Crippen LogP contribution in [0.2, 0.25) is 5.02 Å². The van der Waals surface area contributed by atoms with Crippen LogP contribution in [0.5, 0.6) is 0 Å². The normalized spacial score (nSPS) is 25.4. The van der Waals surface area contributed by atoms with E-state index in [1.807, 2.05) is 12.1 Å². The van der Waals surface area contributed by atoms with Gasteiger partial charge in [-0.3, -0.25) is 4.90 Å². The Morgan fingerprint density at radius 1 is 1.19 bits per heavy atom. The van der Waals surface area contributed by atoms with Crippen molar-refractivity contribution in [2.24, 2.45) is 5.92 Å². The molecule has 2 atom stereocenters. The summed E-state index contributed by atoms with van der Waals surface area (Å²) < 4.78 is 2.18. The molecule has 0 radical (unpaired) electrons. The Balaban J connectivity index is 1.56. The third-order valence-electron chi connectivity index (χ3n) is 5.03. The lowest BCUT2D eigenvalue weighted by atomic mass is 10.0. The van der Waals surface area contributed by atoms with Crippen LogP contribution in [0.25, 0.3) is 5.82 Å². The molecule has 0 spiro atoms. The molecule has 4 heteroatoms. The summed E-state index contributed by atoms with van der Waals surface area (Å²) in [4.78, 5) is 7.10. The van der Waals surface area contributed by atoms with E-state index in [1.165, 1.54) is 37.9 Å². The standard InChI is InChI=1S/C17H20ClN3/c18-14-6-7-17(19-11-14)21-9-2-4-15(21)12-20-10-8-13-3-1-5-16(13)20/h2,4,6-7,9,11,13,16H,1,3,5,8,10,12H2/t13-,16?/m1/s1. The van der Waals surface area contributed by atoms with Crippen molar-refractivity contribution in [3.05, 3.63) is 47.4 Å². The van der Waals surface area contributed by atoms with Crippen molar-refractivity contribution in [3.63, 3.8) is 0 Å². The number of fused-ring (bicyclic) bond motifs is 1. The molecule has 1 saturated heterocycles. The third-order valence-corrected chi connectivity index (χ3v) is 5.26. The SMILES string of the molecule is Clc1ccc(-n2cccc2CN2CC[C@H]3CCCC32)nc1. The van der Waals surface area contributed by atoms with Gasteiger partial charge in [0.25, 0.3) is 0 Å². The summed E-state index contributed by atoms with van der Waals surface area (Å²) in [5.41, 5.74) is 1.32. The van der Waals surface area contributed by atoms with E-state index < -0.39 is 0 Å². The van der Waals surface area contributed by atoms with Gasteiger partial charge in [-0.2, -0.15) is 0 Å². The van der Waals surface area contributed by atoms with Crippen LogP contribution in [0.15, 0.2) is 36.7 Å². The van der Waals surface area contributed by atoms with Gasteiger partial charge in [-0.25, -0.2) is 4.98 Å². The highest BCUT2D eigenvalue weighted by atomic mass is 35.5. The zero-order chi connectivity index (χ0) is 14.2. The maximum absolute atomic E-state index is 5.93. The maximum Gasteiger partial charge on any atom is 0.136 e. The summed E-state index contributed by atoms with van der Waals surface area (Å²) in [7, 11) is 0. The summed E-state index contributed by atoms with van der Waals surface area (Å²) in [6.07, 6.45) is 9.40. The number of aromatic nitrogens is 2. The van der Waals surface area contributed by atoms with Gasteiger partial charge in [0.05, 0.1) is 5.02 Å². The minimum atomic E-state index is 0.681. The second-order valence-corrected chi connectivity index (χ2v) is 6.66. The molecule has 3 nitrogen and oxygen atoms in total. The Morgan fingerprint density at radius 2 is 2.14 bits per heavy atom. The first-order valence-corrected chi connectivity index (χ1v) is 8.21. The summed E-state index contributed by atoms with van der Waals surface area (Å²) in [5, 5.41) is 0.681. The molecule has 1 aliphatic heterocycles. The molecule has 1 unspecified atom stereocenters. The van der Waals surface area contributed by atoms with Crippen LogP contribution >= 0.6 is 11.6 Å². The molecule has 1 aliphatic carbocycles. The summed E-state index contributed by atoms with van der Waals surface area (Å²) in [5.74, 6) is 1.89. The lowest BCUT2D eigenvalue weighted by Crippen LogP contribution is -2.30. The highest BCUT2D eigenvalue weighted by molar-refractivity contribution is 6.30. The number of nitrogens with zero attached hydrogens (tertiary/aromatic N) is 3. The third kappa shape index (κ3) is 2.49. The molecule has 0 aromatic carbocycles. The molecule has 3 heterocycles. The highest BCUT2D eigenvalue weighted by Gasteiger charge is 2.37. The van der Waals surface area contributed by atoms with Crippen molar-refractivity contribution in [1.29, 1.82) is 0 Å². The molecule has 2 aromatic heterocycles. The fraction of sp³-hybridized carbons (Fsp3) is 0.471. The number of hydrogen-bond acceptors (Lipinski definition) is 2. The average molecular weight is 302 g/mol. The Hall–Kier alpha value is -1.32. The molecule has 1 saturated carbocycles. The van der Waals surface area contributed by atoms with E-state index in [9.17, 15) is 0 Å². The Kier molecular flexibility index (Phi) is 3.48. The Morgan fingerprint density at radius 3 is 3.00 bits per heavy atom. The van der Waals surface area contributed by atoms with Crippen molar-refractivity contribution in [2.45, 2.75) is 38.3 Å². The van der Waals surface area contributed by atoms with Crippen LogP contribution in [0.1, 0.15) is 31.4 Å². The lowest BCUT2D eigenvalue weighted by Gasteiger charge is -2.24. The first-order chi connectivity index (χ1) is 10.3. The number of likely N-dealkylation sites (tertiary alicyclic amines) is 1. The van der Waals surface area contributed by atoms with Gasteiger partial charge in [0, 0.05) is 30.7 Å². The Labute approximate surface area is 130 Å². The number of pyridine rings is 1. The molecule has 110 valence electrons. The number of halogens is 1. The molecule has 2 aliphatic rings. The zero-order valence-electron chi connectivity index (χ0n) is 12.1. The smallest absolute Gasteiger partial charge is 0.136 e. The van der Waals surface area contributed by atoms with E-state index in [4.69, 9.17) is 11.6 Å². The van der Waals surface area contributed by atoms with Gasteiger partial charge in [0.15, 0.2) is 0 Å². The topological polar surface area (TPSA) is 21.1 Å². The number of rotatable bonds is 3. The Bertz CT molecular complexity index is 619. The van der Waals surface area contributed by atoms with Gasteiger partial charge in [-0.15, -0.1) is 0 Å². The van der Waals surface area contributed by atoms with Crippen molar-refractivity contribution in [2.75, 3.05) is 6.54 Å². The molecule has 21 heavy (non-hydrogen) atoms. The summed E-state index contributed by atoms with van der Waals surface area (Å²) in [6.45, 7) is 2.27. The largest absolute Gasteiger partial charge is 0.304 e. The molecular formula is C17H20ClN3. The van der Waals surface area contributed by atoms with Crippen molar-refractivity contribution >= 4 is 11.6 Å². The van der Waals surface area contributed by atoms with E-state index in [0.717, 1.165) is 24.3 Å². The van der Waals surface area contributed by atoms with Crippen LogP contribution in [0.3, 0.4) is 0 Å². The predicted octanol–water partition coefficient (Wildman–Crippen LogP) is 3.90. The first kappa shape index (κ1) is 13.4. The highest BCUT2D eigenvalue weighted by Crippen LogP contribution is 2.38. The lowest BCUT2D eigenvalue weighted by molar-refractivity contribution is 0.229. The molecule has 0 bridgehead atoms. The van der Waals surface area contributed by atoms with E-state index in [-0.39, 0.29) is 0 Å². The molecule has 2 fully saturated rings. The summed E-state index contributed by atoms with van der Waals surface area (Å²) >= 11 is 5.93. The zero-order valence-corrected chi connectivity index (χ0v) is 12.8. The average Bonchev–Trinajstić information content (AvgIpc) is 3.19. The van der Waals surface area contributed by atoms with Crippen LogP contribution in [-0.4, -0.2) is 27.0 Å². The molecule has 0 amide bonds. The predicted molar refractivity (Wildman–Crippen MR) is 84.7 cm³/mol. The molecule has 2 aromatic rings. The maximum atomic E-state index is 5.93. The minimum absolute atomic E-state index is 0.681. The minimum Gasteiger partial charge on any atom is -0.304 e. The van der Waals surface area contributed by atoms with Crippen molar-refractivity contribution in [3.8, 4) is 5.82 Å². The van der Waals surface area contributed by atoms with Gasteiger partial charge >= 0.3 is 0 Å². The van der Waals surface area contributed by atoms with Gasteiger partial charge in [0.1, 0.15) is 5.82 Å². The van der Waals surface area contributed by atoms with Crippen LogP contribution in [0.4, 0.5) is 0 Å². The van der Waals surface area contributed by atoms with E-state index >= 15 is 0 Å². The second kappa shape index (κ2) is 5.47. The second-order valence-electron chi connectivity index (χ2n) is 6.22. The van der Waals surface area contributed by atoms with Crippen LogP contribution < -0.4 is 0 Å². The monoisotopic (exact) mass is 301 g/mol. The van der Waals surface area contributed by atoms with Gasteiger partial charge in [0.2, 0.25) is 0 Å². The van der Waals surface area contributed by atoms with E-state index in [0.29, 0.717) is 5.02 Å². The molecule has 0 N–H and O–H groups in total. The quantitative estimate of drug-likeness (QED) is 0.857. The first-order valence-electron chi connectivity index (χ1n) is 7.83. The van der Waals surface area contributed by atoms with Crippen molar-refractivity contribution < 1.29 is 0 Å². The fourth-order valence-corrected chi connectivity index (χ4v) is 4.13. The van der Waals surface area contributed by atoms with Gasteiger partial charge in [-0.1, -0.05) is 18.0 Å². The van der Waals surface area contributed by atoms with Crippen LogP contribution in [0, 0.1) is 5.92 Å². The fourth-order valence-electron chi connectivity index (χ4n) is 4.02. The van der Waals surface area contributed by atoms with Gasteiger partial charge < -0.3 is 4.57 Å². The van der Waals surface area contributed by atoms with E-state index in [2.05, 4.69) is 32.8 Å². The van der Waals surface area contributed by atoms with Crippen LogP contribution in [-0.2, 0) is 6.54 Å². The van der Waals surface area contributed by atoms with Crippen molar-refractivity contribution in [1.82, 2.24) is 14.5 Å². The van der Waals surface area contributed by atoms with Gasteiger partial charge in [-0.05, 0) is 56.0 Å².